The third kappa shape index (κ3) is 7.46. The van der Waals surface area contributed by atoms with Crippen molar-refractivity contribution in [2.24, 2.45) is 5.92 Å². The van der Waals surface area contributed by atoms with Gasteiger partial charge in [0, 0.05) is 6.54 Å². The quantitative estimate of drug-likeness (QED) is 0.404. The molecule has 0 aromatic heterocycles. The average Bonchev–Trinajstić information content (AvgIpc) is 2.80. The van der Waals surface area contributed by atoms with Crippen LogP contribution in [0.3, 0.4) is 0 Å². The van der Waals surface area contributed by atoms with Crippen molar-refractivity contribution >= 4 is 33.6 Å². The maximum absolute atomic E-state index is 13.2. The van der Waals surface area contributed by atoms with Crippen LogP contribution in [0.25, 0.3) is 0 Å². The standard InChI is InChI=1S/C23H27N3O6S/c1-4-13-26(19-10-6-5-7-11-19)33(30,31)20-12-8-9-18(14-20)22(28)32-16-21(27)25-23(29)24-15-17(2)3/h4-12,14,17H,1,13,15-16H2,2-3H3,(H2,24,25,27,29). The Morgan fingerprint density at radius 3 is 2.42 bits per heavy atom. The fraction of sp³-hybridized carbons (Fsp3) is 0.261. The second-order valence-corrected chi connectivity index (χ2v) is 9.28. The van der Waals surface area contributed by atoms with E-state index in [9.17, 15) is 22.8 Å². The van der Waals surface area contributed by atoms with E-state index in [-0.39, 0.29) is 22.9 Å². The van der Waals surface area contributed by atoms with Crippen molar-refractivity contribution in [3.8, 4) is 0 Å². The summed E-state index contributed by atoms with van der Waals surface area (Å²) >= 11 is 0. The van der Waals surface area contributed by atoms with E-state index in [0.29, 0.717) is 12.2 Å². The molecule has 2 rings (SSSR count). The minimum absolute atomic E-state index is 0.0278. The van der Waals surface area contributed by atoms with Gasteiger partial charge in [-0.2, -0.15) is 0 Å². The monoisotopic (exact) mass is 473 g/mol. The highest BCUT2D eigenvalue weighted by Crippen LogP contribution is 2.24. The van der Waals surface area contributed by atoms with Crippen LogP contribution in [0.1, 0.15) is 24.2 Å². The summed E-state index contributed by atoms with van der Waals surface area (Å²) in [5.41, 5.74) is 0.387. The summed E-state index contributed by atoms with van der Waals surface area (Å²) in [5.74, 6) is -1.51. The smallest absolute Gasteiger partial charge is 0.338 e. The number of benzene rings is 2. The number of sulfonamides is 1. The molecule has 2 aromatic rings. The fourth-order valence-corrected chi connectivity index (χ4v) is 4.16. The molecule has 0 fully saturated rings. The largest absolute Gasteiger partial charge is 0.452 e. The number of hydrogen-bond donors (Lipinski definition) is 2. The number of imide groups is 1. The predicted octanol–water partition coefficient (Wildman–Crippen LogP) is 2.71. The van der Waals surface area contributed by atoms with Gasteiger partial charge in [0.05, 0.1) is 22.7 Å². The van der Waals surface area contributed by atoms with Crippen molar-refractivity contribution in [3.05, 3.63) is 72.8 Å². The Labute approximate surface area is 193 Å². The van der Waals surface area contributed by atoms with Crippen molar-refractivity contribution in [2.75, 3.05) is 24.0 Å². The number of carbonyl (C=O) groups excluding carboxylic acids is 3. The van der Waals surface area contributed by atoms with E-state index in [2.05, 4.69) is 11.9 Å². The van der Waals surface area contributed by atoms with Crippen LogP contribution >= 0.6 is 0 Å². The summed E-state index contributed by atoms with van der Waals surface area (Å²) in [6.07, 6.45) is 1.46. The van der Waals surface area contributed by atoms with Crippen molar-refractivity contribution in [1.29, 1.82) is 0 Å². The molecule has 33 heavy (non-hydrogen) atoms. The average molecular weight is 474 g/mol. The van der Waals surface area contributed by atoms with Gasteiger partial charge in [-0.15, -0.1) is 6.58 Å². The third-order valence-corrected chi connectivity index (χ3v) is 6.04. The molecule has 0 bridgehead atoms. The van der Waals surface area contributed by atoms with E-state index in [0.717, 1.165) is 4.31 Å². The molecule has 0 aliphatic rings. The lowest BCUT2D eigenvalue weighted by molar-refractivity contribution is -0.123. The van der Waals surface area contributed by atoms with Crippen LogP contribution in [0.2, 0.25) is 0 Å². The second-order valence-electron chi connectivity index (χ2n) is 7.42. The van der Waals surface area contributed by atoms with Crippen LogP contribution in [-0.4, -0.2) is 46.0 Å². The Hall–Kier alpha value is -3.66. The summed E-state index contributed by atoms with van der Waals surface area (Å²) < 4.78 is 32.5. The summed E-state index contributed by atoms with van der Waals surface area (Å²) in [5, 5.41) is 4.55. The van der Waals surface area contributed by atoms with Crippen molar-refractivity contribution in [1.82, 2.24) is 10.6 Å². The van der Waals surface area contributed by atoms with Crippen LogP contribution in [0, 0.1) is 5.92 Å². The molecule has 0 aliphatic carbocycles. The van der Waals surface area contributed by atoms with E-state index in [4.69, 9.17) is 4.74 Å². The van der Waals surface area contributed by atoms with Gasteiger partial charge in [-0.3, -0.25) is 14.4 Å². The minimum atomic E-state index is -4.01. The Morgan fingerprint density at radius 1 is 1.09 bits per heavy atom. The molecule has 0 saturated carbocycles. The van der Waals surface area contributed by atoms with Gasteiger partial charge in [0.2, 0.25) is 0 Å². The summed E-state index contributed by atoms with van der Waals surface area (Å²) in [7, 11) is -4.01. The maximum atomic E-state index is 13.2. The number of carbonyl (C=O) groups is 3. The number of hydrogen-bond acceptors (Lipinski definition) is 6. The normalized spacial score (nSPS) is 10.9. The molecule has 0 spiro atoms. The Balaban J connectivity index is 2.10. The van der Waals surface area contributed by atoms with Gasteiger partial charge in [0.1, 0.15) is 0 Å². The van der Waals surface area contributed by atoms with Gasteiger partial charge in [0.15, 0.2) is 6.61 Å². The van der Waals surface area contributed by atoms with E-state index >= 15 is 0 Å². The van der Waals surface area contributed by atoms with E-state index in [1.807, 2.05) is 19.2 Å². The topological polar surface area (TPSA) is 122 Å². The molecular formula is C23H27N3O6S. The molecule has 9 nitrogen and oxygen atoms in total. The maximum Gasteiger partial charge on any atom is 0.338 e. The van der Waals surface area contributed by atoms with Gasteiger partial charge >= 0.3 is 12.0 Å². The first-order valence-corrected chi connectivity index (χ1v) is 11.6. The lowest BCUT2D eigenvalue weighted by Gasteiger charge is -2.23. The fourth-order valence-electron chi connectivity index (χ4n) is 2.68. The number of rotatable bonds is 10. The molecule has 0 aliphatic heterocycles. The van der Waals surface area contributed by atoms with Crippen molar-refractivity contribution in [2.45, 2.75) is 18.7 Å². The van der Waals surface area contributed by atoms with Crippen LogP contribution < -0.4 is 14.9 Å². The molecule has 10 heteroatoms. The first-order valence-electron chi connectivity index (χ1n) is 10.2. The summed E-state index contributed by atoms with van der Waals surface area (Å²) in [4.78, 5) is 35.7. The highest BCUT2D eigenvalue weighted by Gasteiger charge is 2.25. The van der Waals surface area contributed by atoms with Gasteiger partial charge in [-0.25, -0.2) is 18.0 Å². The number of urea groups is 1. The molecule has 2 N–H and O–H groups in total. The van der Waals surface area contributed by atoms with E-state index in [1.165, 1.54) is 30.3 Å². The molecule has 2 aromatic carbocycles. The Kier molecular flexibility index (Phi) is 9.17. The molecular weight excluding hydrogens is 446 g/mol. The number of nitrogens with zero attached hydrogens (tertiary/aromatic N) is 1. The first-order chi connectivity index (χ1) is 15.6. The molecule has 0 heterocycles. The van der Waals surface area contributed by atoms with Crippen molar-refractivity contribution < 1.29 is 27.5 Å². The number of nitrogens with one attached hydrogen (secondary N) is 2. The lowest BCUT2D eigenvalue weighted by atomic mass is 10.2. The lowest BCUT2D eigenvalue weighted by Crippen LogP contribution is -2.42. The number of ether oxygens (including phenoxy) is 1. The van der Waals surface area contributed by atoms with Crippen LogP contribution in [0.4, 0.5) is 10.5 Å². The summed E-state index contributed by atoms with van der Waals surface area (Å²) in [6.45, 7) is 7.12. The van der Waals surface area contributed by atoms with E-state index < -0.39 is 34.5 Å². The zero-order valence-corrected chi connectivity index (χ0v) is 19.3. The highest BCUT2D eigenvalue weighted by atomic mass is 32.2. The Morgan fingerprint density at radius 2 is 1.79 bits per heavy atom. The van der Waals surface area contributed by atoms with Crippen molar-refractivity contribution in [3.63, 3.8) is 0 Å². The molecule has 0 unspecified atom stereocenters. The SMILES string of the molecule is C=CCN(c1ccccc1)S(=O)(=O)c1cccc(C(=O)OCC(=O)NC(=O)NCC(C)C)c1. The van der Waals surface area contributed by atoms with Crippen LogP contribution in [0.15, 0.2) is 72.1 Å². The van der Waals surface area contributed by atoms with Crippen LogP contribution in [0.5, 0.6) is 0 Å². The van der Waals surface area contributed by atoms with Gasteiger partial charge in [0.25, 0.3) is 15.9 Å². The molecule has 0 saturated heterocycles. The van der Waals surface area contributed by atoms with Crippen LogP contribution in [-0.2, 0) is 19.6 Å². The third-order valence-electron chi connectivity index (χ3n) is 4.26. The molecule has 3 amide bonds. The molecule has 176 valence electrons. The number of anilines is 1. The Bertz CT molecular complexity index is 1100. The molecule has 0 radical (unpaired) electrons. The molecule has 0 atom stereocenters. The van der Waals surface area contributed by atoms with E-state index in [1.54, 1.807) is 30.3 Å². The predicted molar refractivity (Wildman–Crippen MR) is 124 cm³/mol. The summed E-state index contributed by atoms with van der Waals surface area (Å²) in [6, 6.07) is 13.1. The van der Waals surface area contributed by atoms with Gasteiger partial charge in [-0.05, 0) is 36.2 Å². The highest BCUT2D eigenvalue weighted by molar-refractivity contribution is 7.92. The van der Waals surface area contributed by atoms with Gasteiger partial charge < -0.3 is 10.1 Å². The number of amides is 3. The minimum Gasteiger partial charge on any atom is -0.452 e. The second kappa shape index (κ2) is 11.8. The van der Waals surface area contributed by atoms with Gasteiger partial charge in [-0.1, -0.05) is 44.2 Å². The first kappa shape index (κ1) is 25.6. The number of esters is 1. The zero-order chi connectivity index (χ0) is 24.4. The zero-order valence-electron chi connectivity index (χ0n) is 18.5. The number of para-hydroxylation sites is 1.